The summed E-state index contributed by atoms with van der Waals surface area (Å²) in [6.07, 6.45) is 1.65. The lowest BCUT2D eigenvalue weighted by Gasteiger charge is -1.92. The fourth-order valence-corrected chi connectivity index (χ4v) is 1.21. The maximum absolute atomic E-state index is 5.27. The minimum Gasteiger partial charge on any atom is -0.444 e. The monoisotopic (exact) mass is 185 g/mol. The Morgan fingerprint density at radius 2 is 2.00 bits per heavy atom. The standard InChI is InChI=1S/C12H11NO/c1-9(2)12-13-11(8-14-12)10-6-4-3-5-7-10/h3-8H,1H2,2H3. The molecule has 2 rings (SSSR count). The third-order valence-electron chi connectivity index (χ3n) is 1.94. The van der Waals surface area contributed by atoms with Gasteiger partial charge in [0.25, 0.3) is 0 Å². The van der Waals surface area contributed by atoms with Crippen LogP contribution in [0.4, 0.5) is 0 Å². The molecule has 14 heavy (non-hydrogen) atoms. The van der Waals surface area contributed by atoms with E-state index in [-0.39, 0.29) is 0 Å². The number of nitrogens with zero attached hydrogens (tertiary/aromatic N) is 1. The van der Waals surface area contributed by atoms with Gasteiger partial charge >= 0.3 is 0 Å². The van der Waals surface area contributed by atoms with Gasteiger partial charge in [-0.05, 0) is 6.92 Å². The topological polar surface area (TPSA) is 26.0 Å². The van der Waals surface area contributed by atoms with E-state index in [1.165, 1.54) is 0 Å². The molecule has 0 bridgehead atoms. The lowest BCUT2D eigenvalue weighted by Crippen LogP contribution is -1.79. The SMILES string of the molecule is C=C(C)c1nc(-c2ccccc2)co1. The summed E-state index contributed by atoms with van der Waals surface area (Å²) < 4.78 is 5.27. The van der Waals surface area contributed by atoms with Gasteiger partial charge in [-0.2, -0.15) is 0 Å². The van der Waals surface area contributed by atoms with Gasteiger partial charge in [0.15, 0.2) is 0 Å². The number of benzene rings is 1. The van der Waals surface area contributed by atoms with E-state index in [0.29, 0.717) is 5.89 Å². The molecule has 2 heteroatoms. The average molecular weight is 185 g/mol. The molecule has 1 heterocycles. The van der Waals surface area contributed by atoms with Crippen LogP contribution in [0.25, 0.3) is 16.8 Å². The predicted molar refractivity (Wildman–Crippen MR) is 56.6 cm³/mol. The molecule has 2 aromatic rings. The summed E-state index contributed by atoms with van der Waals surface area (Å²) in [5.41, 5.74) is 2.75. The van der Waals surface area contributed by atoms with Crippen LogP contribution in [0.2, 0.25) is 0 Å². The molecule has 0 spiro atoms. The summed E-state index contributed by atoms with van der Waals surface area (Å²) in [7, 11) is 0. The molecular weight excluding hydrogens is 174 g/mol. The molecule has 70 valence electrons. The summed E-state index contributed by atoms with van der Waals surface area (Å²) in [6, 6.07) is 9.93. The first kappa shape index (κ1) is 8.75. The molecule has 0 fully saturated rings. The normalized spacial score (nSPS) is 10.1. The van der Waals surface area contributed by atoms with E-state index in [1.807, 2.05) is 37.3 Å². The number of hydrogen-bond donors (Lipinski definition) is 0. The zero-order valence-electron chi connectivity index (χ0n) is 8.03. The Morgan fingerprint density at radius 3 is 2.57 bits per heavy atom. The fourth-order valence-electron chi connectivity index (χ4n) is 1.21. The molecule has 1 aromatic carbocycles. The maximum Gasteiger partial charge on any atom is 0.221 e. The Morgan fingerprint density at radius 1 is 1.29 bits per heavy atom. The average Bonchev–Trinajstić information content (AvgIpc) is 2.68. The Hall–Kier alpha value is -1.83. The summed E-state index contributed by atoms with van der Waals surface area (Å²) >= 11 is 0. The summed E-state index contributed by atoms with van der Waals surface area (Å²) in [5.74, 6) is 0.601. The first-order chi connectivity index (χ1) is 6.77. The minimum atomic E-state index is 0.601. The van der Waals surface area contributed by atoms with Crippen LogP contribution in [0.1, 0.15) is 12.8 Å². The Balaban J connectivity index is 2.39. The molecular formula is C12H11NO. The van der Waals surface area contributed by atoms with Crippen molar-refractivity contribution in [1.29, 1.82) is 0 Å². The second-order valence-electron chi connectivity index (χ2n) is 3.18. The highest BCUT2D eigenvalue weighted by Gasteiger charge is 2.05. The van der Waals surface area contributed by atoms with Crippen LogP contribution < -0.4 is 0 Å². The van der Waals surface area contributed by atoms with Crippen molar-refractivity contribution in [3.05, 3.63) is 49.1 Å². The van der Waals surface area contributed by atoms with Crippen molar-refractivity contribution in [2.45, 2.75) is 6.92 Å². The largest absolute Gasteiger partial charge is 0.444 e. The molecule has 0 aliphatic rings. The van der Waals surface area contributed by atoms with Gasteiger partial charge in [-0.25, -0.2) is 4.98 Å². The molecule has 1 aromatic heterocycles. The van der Waals surface area contributed by atoms with Gasteiger partial charge in [0, 0.05) is 11.1 Å². The number of allylic oxidation sites excluding steroid dienone is 1. The van der Waals surface area contributed by atoms with Crippen molar-refractivity contribution in [2.75, 3.05) is 0 Å². The highest BCUT2D eigenvalue weighted by Crippen LogP contribution is 2.20. The molecule has 0 atom stereocenters. The Labute approximate surface area is 82.9 Å². The second-order valence-corrected chi connectivity index (χ2v) is 3.18. The minimum absolute atomic E-state index is 0.601. The molecule has 0 amide bonds. The van der Waals surface area contributed by atoms with Crippen molar-refractivity contribution >= 4 is 5.57 Å². The molecule has 2 nitrogen and oxygen atoms in total. The zero-order chi connectivity index (χ0) is 9.97. The summed E-state index contributed by atoms with van der Waals surface area (Å²) in [5, 5.41) is 0. The van der Waals surface area contributed by atoms with Gasteiger partial charge in [0.1, 0.15) is 12.0 Å². The smallest absolute Gasteiger partial charge is 0.221 e. The molecule has 0 unspecified atom stereocenters. The van der Waals surface area contributed by atoms with Gasteiger partial charge in [0.05, 0.1) is 0 Å². The van der Waals surface area contributed by atoms with E-state index >= 15 is 0 Å². The van der Waals surface area contributed by atoms with Gasteiger partial charge in [-0.15, -0.1) is 0 Å². The highest BCUT2D eigenvalue weighted by molar-refractivity contribution is 5.61. The number of hydrogen-bond acceptors (Lipinski definition) is 2. The van der Waals surface area contributed by atoms with E-state index < -0.39 is 0 Å². The quantitative estimate of drug-likeness (QED) is 0.716. The van der Waals surface area contributed by atoms with Gasteiger partial charge in [0.2, 0.25) is 5.89 Å². The Kier molecular flexibility index (Phi) is 2.19. The Bertz CT molecular complexity index is 442. The van der Waals surface area contributed by atoms with Crippen LogP contribution in [0.3, 0.4) is 0 Å². The summed E-state index contributed by atoms with van der Waals surface area (Å²) in [6.45, 7) is 5.65. The van der Waals surface area contributed by atoms with E-state index in [4.69, 9.17) is 4.42 Å². The second kappa shape index (κ2) is 3.50. The van der Waals surface area contributed by atoms with Crippen LogP contribution in [0, 0.1) is 0 Å². The molecule has 0 aliphatic heterocycles. The van der Waals surface area contributed by atoms with Crippen molar-refractivity contribution in [3.63, 3.8) is 0 Å². The van der Waals surface area contributed by atoms with Crippen LogP contribution >= 0.6 is 0 Å². The molecule has 0 N–H and O–H groups in total. The third-order valence-corrected chi connectivity index (χ3v) is 1.94. The molecule has 0 radical (unpaired) electrons. The maximum atomic E-state index is 5.27. The van der Waals surface area contributed by atoms with Crippen molar-refractivity contribution in [1.82, 2.24) is 4.98 Å². The lowest BCUT2D eigenvalue weighted by atomic mass is 10.2. The fraction of sp³-hybridized carbons (Fsp3) is 0.0833. The number of aromatic nitrogens is 1. The van der Waals surface area contributed by atoms with Crippen molar-refractivity contribution in [3.8, 4) is 11.3 Å². The lowest BCUT2D eigenvalue weighted by molar-refractivity contribution is 0.542. The van der Waals surface area contributed by atoms with E-state index in [9.17, 15) is 0 Å². The van der Waals surface area contributed by atoms with Crippen LogP contribution in [0.15, 0.2) is 47.6 Å². The molecule has 0 aliphatic carbocycles. The first-order valence-corrected chi connectivity index (χ1v) is 4.44. The van der Waals surface area contributed by atoms with Gasteiger partial charge in [-0.3, -0.25) is 0 Å². The van der Waals surface area contributed by atoms with E-state index in [1.54, 1.807) is 6.26 Å². The van der Waals surface area contributed by atoms with Gasteiger partial charge in [-0.1, -0.05) is 36.9 Å². The van der Waals surface area contributed by atoms with Crippen molar-refractivity contribution < 1.29 is 4.42 Å². The van der Waals surface area contributed by atoms with E-state index in [0.717, 1.165) is 16.8 Å². The zero-order valence-corrected chi connectivity index (χ0v) is 8.03. The third kappa shape index (κ3) is 1.59. The number of oxazole rings is 1. The molecule has 0 saturated heterocycles. The van der Waals surface area contributed by atoms with Crippen LogP contribution in [-0.4, -0.2) is 4.98 Å². The van der Waals surface area contributed by atoms with Crippen molar-refractivity contribution in [2.24, 2.45) is 0 Å². The number of rotatable bonds is 2. The summed E-state index contributed by atoms with van der Waals surface area (Å²) in [4.78, 5) is 4.31. The van der Waals surface area contributed by atoms with Gasteiger partial charge < -0.3 is 4.42 Å². The molecule has 0 saturated carbocycles. The van der Waals surface area contributed by atoms with Crippen LogP contribution in [-0.2, 0) is 0 Å². The predicted octanol–water partition coefficient (Wildman–Crippen LogP) is 3.37. The first-order valence-electron chi connectivity index (χ1n) is 4.44. The van der Waals surface area contributed by atoms with Crippen LogP contribution in [0.5, 0.6) is 0 Å². The van der Waals surface area contributed by atoms with E-state index in [2.05, 4.69) is 11.6 Å². The highest BCUT2D eigenvalue weighted by atomic mass is 16.3.